The first-order valence-electron chi connectivity index (χ1n) is 6.66. The van der Waals surface area contributed by atoms with Gasteiger partial charge in [-0.2, -0.15) is 0 Å². The Kier molecular flexibility index (Phi) is 2.49. The maximum Gasteiger partial charge on any atom is 0.233 e. The number of imide groups is 1. The fourth-order valence-corrected chi connectivity index (χ4v) is 3.72. The number of hydrogen-bond donors (Lipinski definition) is 0. The molecule has 2 saturated carbocycles. The van der Waals surface area contributed by atoms with Gasteiger partial charge in [0.15, 0.2) is 0 Å². The molecule has 3 heteroatoms. The molecule has 0 bridgehead atoms. The SMILES string of the molecule is O=C1C2CCCC2C(=O)N1C1CCCCC1. The lowest BCUT2D eigenvalue weighted by atomic mass is 9.94. The van der Waals surface area contributed by atoms with E-state index in [1.807, 2.05) is 0 Å². The third-order valence-corrected chi connectivity index (χ3v) is 4.57. The highest BCUT2D eigenvalue weighted by atomic mass is 16.2. The first kappa shape index (κ1) is 10.3. The Morgan fingerprint density at radius 3 is 1.88 bits per heavy atom. The molecule has 0 aromatic heterocycles. The van der Waals surface area contributed by atoms with Gasteiger partial charge in [-0.25, -0.2) is 0 Å². The average molecular weight is 221 g/mol. The van der Waals surface area contributed by atoms with Crippen LogP contribution < -0.4 is 0 Å². The van der Waals surface area contributed by atoms with E-state index in [1.165, 1.54) is 19.3 Å². The van der Waals surface area contributed by atoms with Crippen LogP contribution in [0.3, 0.4) is 0 Å². The van der Waals surface area contributed by atoms with Crippen LogP contribution in [0.1, 0.15) is 51.4 Å². The maximum atomic E-state index is 12.2. The number of carbonyl (C=O) groups excluding carboxylic acids is 2. The standard InChI is InChI=1S/C13H19NO2/c15-12-10-7-4-8-11(10)13(16)14(12)9-5-2-1-3-6-9/h9-11H,1-8H2. The fraction of sp³-hybridized carbons (Fsp3) is 0.846. The topological polar surface area (TPSA) is 37.4 Å². The van der Waals surface area contributed by atoms with Crippen molar-refractivity contribution in [2.24, 2.45) is 11.8 Å². The van der Waals surface area contributed by atoms with Crippen molar-refractivity contribution in [3.63, 3.8) is 0 Å². The molecule has 88 valence electrons. The van der Waals surface area contributed by atoms with Gasteiger partial charge in [-0.15, -0.1) is 0 Å². The molecule has 0 aromatic carbocycles. The van der Waals surface area contributed by atoms with Crippen molar-refractivity contribution in [1.29, 1.82) is 0 Å². The Balaban J connectivity index is 1.80. The molecule has 0 radical (unpaired) electrons. The van der Waals surface area contributed by atoms with Gasteiger partial charge < -0.3 is 0 Å². The molecule has 0 aromatic rings. The predicted molar refractivity (Wildman–Crippen MR) is 59.6 cm³/mol. The van der Waals surface area contributed by atoms with Crippen LogP contribution in [0.2, 0.25) is 0 Å². The van der Waals surface area contributed by atoms with Crippen LogP contribution in [0.4, 0.5) is 0 Å². The summed E-state index contributed by atoms with van der Waals surface area (Å²) in [6.07, 6.45) is 8.64. The van der Waals surface area contributed by atoms with Crippen LogP contribution in [-0.4, -0.2) is 22.8 Å². The first-order valence-corrected chi connectivity index (χ1v) is 6.66. The molecule has 1 heterocycles. The monoisotopic (exact) mass is 221 g/mol. The summed E-state index contributed by atoms with van der Waals surface area (Å²) in [4.78, 5) is 26.0. The van der Waals surface area contributed by atoms with E-state index in [-0.39, 0.29) is 29.7 Å². The largest absolute Gasteiger partial charge is 0.279 e. The normalized spacial score (nSPS) is 35.9. The zero-order valence-corrected chi connectivity index (χ0v) is 9.65. The van der Waals surface area contributed by atoms with Crippen molar-refractivity contribution >= 4 is 11.8 Å². The molecule has 0 N–H and O–H groups in total. The summed E-state index contributed by atoms with van der Waals surface area (Å²) in [6, 6.07) is 0.236. The molecule has 0 spiro atoms. The minimum absolute atomic E-state index is 0.0504. The van der Waals surface area contributed by atoms with Gasteiger partial charge in [-0.05, 0) is 25.7 Å². The van der Waals surface area contributed by atoms with Crippen molar-refractivity contribution in [2.75, 3.05) is 0 Å². The van der Waals surface area contributed by atoms with Crippen molar-refractivity contribution in [1.82, 2.24) is 4.90 Å². The van der Waals surface area contributed by atoms with Crippen LogP contribution in [0, 0.1) is 11.8 Å². The third kappa shape index (κ3) is 1.40. The van der Waals surface area contributed by atoms with Crippen LogP contribution in [0.15, 0.2) is 0 Å². The van der Waals surface area contributed by atoms with Crippen molar-refractivity contribution in [3.05, 3.63) is 0 Å². The summed E-state index contributed by atoms with van der Waals surface area (Å²) in [7, 11) is 0. The Bertz CT molecular complexity index is 298. The smallest absolute Gasteiger partial charge is 0.233 e. The highest BCUT2D eigenvalue weighted by Gasteiger charge is 2.51. The Morgan fingerprint density at radius 2 is 1.31 bits per heavy atom. The number of carbonyl (C=O) groups is 2. The van der Waals surface area contributed by atoms with E-state index in [0.717, 1.165) is 32.1 Å². The second-order valence-corrected chi connectivity index (χ2v) is 5.48. The lowest BCUT2D eigenvalue weighted by molar-refractivity contribution is -0.143. The number of fused-ring (bicyclic) bond motifs is 1. The number of amides is 2. The molecule has 2 unspecified atom stereocenters. The van der Waals surface area contributed by atoms with Gasteiger partial charge in [0.1, 0.15) is 0 Å². The first-order chi connectivity index (χ1) is 7.79. The number of rotatable bonds is 1. The van der Waals surface area contributed by atoms with Gasteiger partial charge in [-0.3, -0.25) is 14.5 Å². The minimum Gasteiger partial charge on any atom is -0.279 e. The van der Waals surface area contributed by atoms with Crippen molar-refractivity contribution in [3.8, 4) is 0 Å². The lowest BCUT2D eigenvalue weighted by Gasteiger charge is -2.30. The van der Waals surface area contributed by atoms with E-state index >= 15 is 0 Å². The van der Waals surface area contributed by atoms with Gasteiger partial charge >= 0.3 is 0 Å². The Labute approximate surface area is 96.2 Å². The predicted octanol–water partition coefficient (Wildman–Crippen LogP) is 2.10. The molecule has 3 aliphatic rings. The van der Waals surface area contributed by atoms with E-state index in [9.17, 15) is 9.59 Å². The quantitative estimate of drug-likeness (QED) is 0.636. The number of likely N-dealkylation sites (tertiary alicyclic amines) is 1. The van der Waals surface area contributed by atoms with Gasteiger partial charge in [0.2, 0.25) is 11.8 Å². The molecule has 3 fully saturated rings. The summed E-state index contributed by atoms with van der Waals surface area (Å²) >= 11 is 0. The van der Waals surface area contributed by atoms with E-state index in [1.54, 1.807) is 4.90 Å². The second kappa shape index (κ2) is 3.86. The molecule has 3 rings (SSSR count). The third-order valence-electron chi connectivity index (χ3n) is 4.57. The van der Waals surface area contributed by atoms with Crippen LogP contribution >= 0.6 is 0 Å². The van der Waals surface area contributed by atoms with Crippen LogP contribution in [0.25, 0.3) is 0 Å². The highest BCUT2D eigenvalue weighted by molar-refractivity contribution is 6.05. The number of hydrogen-bond acceptors (Lipinski definition) is 2. The molecular weight excluding hydrogens is 202 g/mol. The lowest BCUT2D eigenvalue weighted by Crippen LogP contribution is -2.42. The molecule has 1 aliphatic heterocycles. The van der Waals surface area contributed by atoms with Crippen molar-refractivity contribution < 1.29 is 9.59 Å². The molecule has 3 nitrogen and oxygen atoms in total. The fourth-order valence-electron chi connectivity index (χ4n) is 3.72. The van der Waals surface area contributed by atoms with Crippen LogP contribution in [0.5, 0.6) is 0 Å². The summed E-state index contributed by atoms with van der Waals surface area (Å²) in [6.45, 7) is 0. The van der Waals surface area contributed by atoms with Gasteiger partial charge in [0, 0.05) is 6.04 Å². The average Bonchev–Trinajstić information content (AvgIpc) is 2.86. The van der Waals surface area contributed by atoms with E-state index in [4.69, 9.17) is 0 Å². The second-order valence-electron chi connectivity index (χ2n) is 5.48. The summed E-state index contributed by atoms with van der Waals surface area (Å²) < 4.78 is 0. The van der Waals surface area contributed by atoms with Gasteiger partial charge in [0.25, 0.3) is 0 Å². The molecule has 16 heavy (non-hydrogen) atoms. The molecule has 2 amide bonds. The summed E-state index contributed by atoms with van der Waals surface area (Å²) in [5.41, 5.74) is 0. The van der Waals surface area contributed by atoms with E-state index in [0.29, 0.717) is 0 Å². The van der Waals surface area contributed by atoms with Crippen LogP contribution in [-0.2, 0) is 9.59 Å². The van der Waals surface area contributed by atoms with Gasteiger partial charge in [0.05, 0.1) is 11.8 Å². The number of nitrogens with zero attached hydrogens (tertiary/aromatic N) is 1. The molecule has 1 saturated heterocycles. The molecular formula is C13H19NO2. The Hall–Kier alpha value is -0.860. The zero-order chi connectivity index (χ0) is 11.1. The summed E-state index contributed by atoms with van der Waals surface area (Å²) in [5, 5.41) is 0. The summed E-state index contributed by atoms with van der Waals surface area (Å²) in [5.74, 6) is 0.405. The highest BCUT2D eigenvalue weighted by Crippen LogP contribution is 2.42. The minimum atomic E-state index is 0.0504. The van der Waals surface area contributed by atoms with E-state index < -0.39 is 0 Å². The van der Waals surface area contributed by atoms with Gasteiger partial charge in [-0.1, -0.05) is 25.7 Å². The maximum absolute atomic E-state index is 12.2. The van der Waals surface area contributed by atoms with Crippen molar-refractivity contribution in [2.45, 2.75) is 57.4 Å². The molecule has 2 atom stereocenters. The zero-order valence-electron chi connectivity index (χ0n) is 9.65. The van der Waals surface area contributed by atoms with E-state index in [2.05, 4.69) is 0 Å². The molecule has 2 aliphatic carbocycles. The Morgan fingerprint density at radius 1 is 0.750 bits per heavy atom.